The van der Waals surface area contributed by atoms with Crippen LogP contribution < -0.4 is 10.1 Å². The third-order valence-electron chi connectivity index (χ3n) is 3.03. The molecular formula is C14H19NO. The van der Waals surface area contributed by atoms with Gasteiger partial charge in [-0.2, -0.15) is 0 Å². The van der Waals surface area contributed by atoms with Gasteiger partial charge in [-0.05, 0) is 43.0 Å². The topological polar surface area (TPSA) is 21.3 Å². The fourth-order valence-electron chi connectivity index (χ4n) is 1.76. The molecule has 0 heterocycles. The highest BCUT2D eigenvalue weighted by molar-refractivity contribution is 5.30. The SMILES string of the molecule is C=CC(NCC1CC1)c1ccc(OC)cc1. The molecule has 16 heavy (non-hydrogen) atoms. The minimum atomic E-state index is 0.256. The first-order valence-corrected chi connectivity index (χ1v) is 5.83. The number of methoxy groups -OCH3 is 1. The van der Waals surface area contributed by atoms with Crippen molar-refractivity contribution in [2.75, 3.05) is 13.7 Å². The molecule has 1 atom stereocenters. The van der Waals surface area contributed by atoms with Crippen LogP contribution >= 0.6 is 0 Å². The minimum absolute atomic E-state index is 0.256. The Balaban J connectivity index is 1.97. The Morgan fingerprint density at radius 2 is 2.12 bits per heavy atom. The second-order valence-corrected chi connectivity index (χ2v) is 4.34. The first kappa shape index (κ1) is 11.2. The second-order valence-electron chi connectivity index (χ2n) is 4.34. The van der Waals surface area contributed by atoms with Crippen LogP contribution in [-0.2, 0) is 0 Å². The third kappa shape index (κ3) is 2.86. The maximum absolute atomic E-state index is 5.14. The molecule has 0 saturated heterocycles. The Kier molecular flexibility index (Phi) is 3.62. The van der Waals surface area contributed by atoms with E-state index in [9.17, 15) is 0 Å². The normalized spacial score (nSPS) is 16.8. The fraction of sp³-hybridized carbons (Fsp3) is 0.429. The van der Waals surface area contributed by atoms with Crippen LogP contribution in [0.3, 0.4) is 0 Å². The molecule has 0 amide bonds. The number of hydrogen-bond donors (Lipinski definition) is 1. The average Bonchev–Trinajstić information content (AvgIpc) is 3.15. The van der Waals surface area contributed by atoms with E-state index in [4.69, 9.17) is 4.74 Å². The number of ether oxygens (including phenoxy) is 1. The van der Waals surface area contributed by atoms with E-state index in [1.165, 1.54) is 18.4 Å². The lowest BCUT2D eigenvalue weighted by Crippen LogP contribution is -2.21. The van der Waals surface area contributed by atoms with Crippen LogP contribution in [0.4, 0.5) is 0 Å². The molecule has 0 aliphatic heterocycles. The molecule has 1 unspecified atom stereocenters. The quantitative estimate of drug-likeness (QED) is 0.740. The van der Waals surface area contributed by atoms with Crippen molar-refractivity contribution in [3.63, 3.8) is 0 Å². The van der Waals surface area contributed by atoms with Crippen molar-refractivity contribution in [1.82, 2.24) is 5.32 Å². The number of nitrogens with one attached hydrogen (secondary N) is 1. The zero-order chi connectivity index (χ0) is 11.4. The second kappa shape index (κ2) is 5.17. The van der Waals surface area contributed by atoms with Gasteiger partial charge in [-0.25, -0.2) is 0 Å². The molecule has 1 aliphatic carbocycles. The molecule has 2 nitrogen and oxygen atoms in total. The van der Waals surface area contributed by atoms with Gasteiger partial charge in [-0.3, -0.25) is 0 Å². The smallest absolute Gasteiger partial charge is 0.118 e. The Bertz CT molecular complexity index is 340. The van der Waals surface area contributed by atoms with Crippen LogP contribution in [-0.4, -0.2) is 13.7 Å². The van der Waals surface area contributed by atoms with E-state index in [1.54, 1.807) is 7.11 Å². The van der Waals surface area contributed by atoms with Crippen LogP contribution in [0.25, 0.3) is 0 Å². The van der Waals surface area contributed by atoms with E-state index in [0.29, 0.717) is 0 Å². The molecular weight excluding hydrogens is 198 g/mol. The molecule has 86 valence electrons. The van der Waals surface area contributed by atoms with Crippen molar-refractivity contribution in [2.24, 2.45) is 5.92 Å². The molecule has 1 aromatic rings. The highest BCUT2D eigenvalue weighted by atomic mass is 16.5. The van der Waals surface area contributed by atoms with Crippen molar-refractivity contribution in [3.05, 3.63) is 42.5 Å². The lowest BCUT2D eigenvalue weighted by molar-refractivity contribution is 0.414. The maximum atomic E-state index is 5.14. The standard InChI is InChI=1S/C14H19NO/c1-3-14(15-10-11-4-5-11)12-6-8-13(16-2)9-7-12/h3,6-9,11,14-15H,1,4-5,10H2,2H3. The van der Waals surface area contributed by atoms with E-state index in [2.05, 4.69) is 24.0 Å². The van der Waals surface area contributed by atoms with Gasteiger partial charge in [0.2, 0.25) is 0 Å². The first-order chi connectivity index (χ1) is 7.83. The molecule has 1 fully saturated rings. The summed E-state index contributed by atoms with van der Waals surface area (Å²) in [7, 11) is 1.69. The summed E-state index contributed by atoms with van der Waals surface area (Å²) in [5.74, 6) is 1.79. The Labute approximate surface area is 97.3 Å². The van der Waals surface area contributed by atoms with Gasteiger partial charge in [0.1, 0.15) is 5.75 Å². The van der Waals surface area contributed by atoms with Crippen LogP contribution in [0.5, 0.6) is 5.75 Å². The summed E-state index contributed by atoms with van der Waals surface area (Å²) in [5, 5.41) is 3.53. The van der Waals surface area contributed by atoms with Crippen molar-refractivity contribution in [3.8, 4) is 5.75 Å². The van der Waals surface area contributed by atoms with E-state index >= 15 is 0 Å². The third-order valence-corrected chi connectivity index (χ3v) is 3.03. The summed E-state index contributed by atoms with van der Waals surface area (Å²) < 4.78 is 5.14. The van der Waals surface area contributed by atoms with Crippen LogP contribution in [0, 0.1) is 5.92 Å². The molecule has 2 heteroatoms. The number of benzene rings is 1. The maximum Gasteiger partial charge on any atom is 0.118 e. The number of hydrogen-bond acceptors (Lipinski definition) is 2. The lowest BCUT2D eigenvalue weighted by Gasteiger charge is -2.15. The van der Waals surface area contributed by atoms with Crippen molar-refractivity contribution in [2.45, 2.75) is 18.9 Å². The van der Waals surface area contributed by atoms with Gasteiger partial charge in [0, 0.05) is 0 Å². The van der Waals surface area contributed by atoms with Gasteiger partial charge in [0.05, 0.1) is 13.2 Å². The van der Waals surface area contributed by atoms with Crippen molar-refractivity contribution < 1.29 is 4.74 Å². The van der Waals surface area contributed by atoms with Crippen LogP contribution in [0.15, 0.2) is 36.9 Å². The summed E-state index contributed by atoms with van der Waals surface area (Å²) in [6, 6.07) is 8.41. The number of rotatable bonds is 6. The molecule has 0 radical (unpaired) electrons. The summed E-state index contributed by atoms with van der Waals surface area (Å²) in [6.45, 7) is 4.98. The van der Waals surface area contributed by atoms with Gasteiger partial charge >= 0.3 is 0 Å². The summed E-state index contributed by atoms with van der Waals surface area (Å²) in [5.41, 5.74) is 1.25. The predicted octanol–water partition coefficient (Wildman–Crippen LogP) is 2.92. The molecule has 1 N–H and O–H groups in total. The summed E-state index contributed by atoms with van der Waals surface area (Å²) in [6.07, 6.45) is 4.71. The Morgan fingerprint density at radius 3 is 2.62 bits per heavy atom. The summed E-state index contributed by atoms with van der Waals surface area (Å²) >= 11 is 0. The van der Waals surface area contributed by atoms with Crippen LogP contribution in [0.1, 0.15) is 24.4 Å². The molecule has 0 aromatic heterocycles. The molecule has 1 aliphatic rings. The zero-order valence-electron chi connectivity index (χ0n) is 9.78. The van der Waals surface area contributed by atoms with E-state index in [-0.39, 0.29) is 6.04 Å². The zero-order valence-corrected chi connectivity index (χ0v) is 9.78. The molecule has 0 spiro atoms. The largest absolute Gasteiger partial charge is 0.497 e. The Morgan fingerprint density at radius 1 is 1.44 bits per heavy atom. The van der Waals surface area contributed by atoms with Gasteiger partial charge in [-0.15, -0.1) is 6.58 Å². The highest BCUT2D eigenvalue weighted by Crippen LogP contribution is 2.29. The monoisotopic (exact) mass is 217 g/mol. The van der Waals surface area contributed by atoms with Crippen molar-refractivity contribution >= 4 is 0 Å². The van der Waals surface area contributed by atoms with E-state index in [0.717, 1.165) is 18.2 Å². The lowest BCUT2D eigenvalue weighted by atomic mass is 10.1. The molecule has 0 bridgehead atoms. The van der Waals surface area contributed by atoms with E-state index < -0.39 is 0 Å². The van der Waals surface area contributed by atoms with Crippen molar-refractivity contribution in [1.29, 1.82) is 0 Å². The first-order valence-electron chi connectivity index (χ1n) is 5.83. The molecule has 2 rings (SSSR count). The van der Waals surface area contributed by atoms with Gasteiger partial charge in [0.15, 0.2) is 0 Å². The minimum Gasteiger partial charge on any atom is -0.497 e. The molecule has 1 aromatic carbocycles. The highest BCUT2D eigenvalue weighted by Gasteiger charge is 2.21. The van der Waals surface area contributed by atoms with Crippen LogP contribution in [0.2, 0.25) is 0 Å². The Hall–Kier alpha value is -1.28. The fourth-order valence-corrected chi connectivity index (χ4v) is 1.76. The molecule has 1 saturated carbocycles. The van der Waals surface area contributed by atoms with E-state index in [1.807, 2.05) is 18.2 Å². The average molecular weight is 217 g/mol. The van der Waals surface area contributed by atoms with Gasteiger partial charge in [0.25, 0.3) is 0 Å². The van der Waals surface area contributed by atoms with Gasteiger partial charge < -0.3 is 10.1 Å². The predicted molar refractivity (Wildman–Crippen MR) is 66.7 cm³/mol. The van der Waals surface area contributed by atoms with Gasteiger partial charge in [-0.1, -0.05) is 18.2 Å². The summed E-state index contributed by atoms with van der Waals surface area (Å²) in [4.78, 5) is 0.